The molecule has 3 rings (SSSR count). The van der Waals surface area contributed by atoms with E-state index in [0.717, 1.165) is 12.5 Å². The van der Waals surface area contributed by atoms with E-state index in [-0.39, 0.29) is 0 Å². The number of nitrogens with zero attached hydrogens (tertiary/aromatic N) is 1. The standard InChI is InChI=1S/C16H24N2/c1-18-10-9-15(12-18)17-11-14-7-4-6-13-5-2-3-8-16(13)14/h2-3,5,8,14-15,17H,4,6-7,9-12H2,1H3. The van der Waals surface area contributed by atoms with E-state index in [1.165, 1.54) is 38.8 Å². The van der Waals surface area contributed by atoms with Crippen molar-refractivity contribution in [3.63, 3.8) is 0 Å². The number of benzene rings is 1. The molecule has 2 heteroatoms. The first kappa shape index (κ1) is 12.2. The number of rotatable bonds is 3. The van der Waals surface area contributed by atoms with Gasteiger partial charge in [0.05, 0.1) is 0 Å². The van der Waals surface area contributed by atoms with Crippen LogP contribution in [-0.2, 0) is 6.42 Å². The number of aryl methyl sites for hydroxylation is 1. The Bertz CT molecular complexity index is 402. The van der Waals surface area contributed by atoms with Gasteiger partial charge in [0.15, 0.2) is 0 Å². The SMILES string of the molecule is CN1CCC(NCC2CCCc3ccccc32)C1. The van der Waals surface area contributed by atoms with Gasteiger partial charge in [0, 0.05) is 19.1 Å². The molecule has 0 spiro atoms. The van der Waals surface area contributed by atoms with Crippen LogP contribution in [0.5, 0.6) is 0 Å². The van der Waals surface area contributed by atoms with Gasteiger partial charge in [-0.2, -0.15) is 0 Å². The summed E-state index contributed by atoms with van der Waals surface area (Å²) >= 11 is 0. The van der Waals surface area contributed by atoms with Crippen LogP contribution in [-0.4, -0.2) is 37.6 Å². The van der Waals surface area contributed by atoms with Gasteiger partial charge in [-0.25, -0.2) is 0 Å². The minimum absolute atomic E-state index is 0.712. The minimum Gasteiger partial charge on any atom is -0.312 e. The number of hydrogen-bond donors (Lipinski definition) is 1. The molecule has 1 aromatic rings. The summed E-state index contributed by atoms with van der Waals surface area (Å²) < 4.78 is 0. The second kappa shape index (κ2) is 5.41. The second-order valence-corrected chi connectivity index (χ2v) is 5.94. The molecule has 1 aromatic carbocycles. The number of likely N-dealkylation sites (N-methyl/N-ethyl adjacent to an activating group) is 1. The molecule has 2 aliphatic rings. The maximum Gasteiger partial charge on any atom is 0.0207 e. The summed E-state index contributed by atoms with van der Waals surface area (Å²) in [4.78, 5) is 2.42. The van der Waals surface area contributed by atoms with Crippen LogP contribution in [0.3, 0.4) is 0 Å². The molecule has 2 atom stereocenters. The van der Waals surface area contributed by atoms with Crippen LogP contribution >= 0.6 is 0 Å². The van der Waals surface area contributed by atoms with E-state index in [9.17, 15) is 0 Å². The maximum atomic E-state index is 3.78. The fraction of sp³-hybridized carbons (Fsp3) is 0.625. The van der Waals surface area contributed by atoms with Crippen molar-refractivity contribution in [1.29, 1.82) is 0 Å². The van der Waals surface area contributed by atoms with E-state index in [0.29, 0.717) is 6.04 Å². The fourth-order valence-corrected chi connectivity index (χ4v) is 3.48. The quantitative estimate of drug-likeness (QED) is 0.878. The third-order valence-corrected chi connectivity index (χ3v) is 4.54. The van der Waals surface area contributed by atoms with Crippen molar-refractivity contribution in [1.82, 2.24) is 10.2 Å². The van der Waals surface area contributed by atoms with Crippen LogP contribution in [0.4, 0.5) is 0 Å². The minimum atomic E-state index is 0.712. The smallest absolute Gasteiger partial charge is 0.0207 e. The average molecular weight is 244 g/mol. The first-order valence-corrected chi connectivity index (χ1v) is 7.32. The van der Waals surface area contributed by atoms with Gasteiger partial charge in [-0.1, -0.05) is 24.3 Å². The fourth-order valence-electron chi connectivity index (χ4n) is 3.48. The normalized spacial score (nSPS) is 28.3. The molecule has 1 aliphatic carbocycles. The van der Waals surface area contributed by atoms with Crippen molar-refractivity contribution in [2.24, 2.45) is 0 Å². The summed E-state index contributed by atoms with van der Waals surface area (Å²) in [5, 5.41) is 3.78. The average Bonchev–Trinajstić information content (AvgIpc) is 2.82. The Morgan fingerprint density at radius 1 is 1.28 bits per heavy atom. The molecular weight excluding hydrogens is 220 g/mol. The van der Waals surface area contributed by atoms with Gasteiger partial charge in [-0.3, -0.25) is 0 Å². The molecule has 2 nitrogen and oxygen atoms in total. The van der Waals surface area contributed by atoms with Crippen LogP contribution in [0.2, 0.25) is 0 Å². The van der Waals surface area contributed by atoms with Crippen LogP contribution in [0, 0.1) is 0 Å². The topological polar surface area (TPSA) is 15.3 Å². The molecule has 1 N–H and O–H groups in total. The molecule has 1 aliphatic heterocycles. The molecule has 2 unspecified atom stereocenters. The van der Waals surface area contributed by atoms with Crippen molar-refractivity contribution in [2.75, 3.05) is 26.7 Å². The number of nitrogens with one attached hydrogen (secondary N) is 1. The van der Waals surface area contributed by atoms with Gasteiger partial charge in [0.2, 0.25) is 0 Å². The summed E-state index contributed by atoms with van der Waals surface area (Å²) in [6, 6.07) is 9.73. The van der Waals surface area contributed by atoms with Gasteiger partial charge >= 0.3 is 0 Å². The maximum absolute atomic E-state index is 3.78. The summed E-state index contributed by atoms with van der Waals surface area (Å²) in [5.74, 6) is 0.737. The number of fused-ring (bicyclic) bond motifs is 1. The first-order chi connectivity index (χ1) is 8.83. The summed E-state index contributed by atoms with van der Waals surface area (Å²) in [6.45, 7) is 3.63. The largest absolute Gasteiger partial charge is 0.312 e. The molecule has 1 fully saturated rings. The van der Waals surface area contributed by atoms with Gasteiger partial charge in [-0.15, -0.1) is 0 Å². The molecule has 1 heterocycles. The highest BCUT2D eigenvalue weighted by Crippen LogP contribution is 2.31. The predicted octanol–water partition coefficient (Wildman–Crippen LogP) is 2.40. The highest BCUT2D eigenvalue weighted by molar-refractivity contribution is 5.32. The number of likely N-dealkylation sites (tertiary alicyclic amines) is 1. The third-order valence-electron chi connectivity index (χ3n) is 4.54. The molecule has 0 bridgehead atoms. The molecule has 98 valence electrons. The van der Waals surface area contributed by atoms with Crippen LogP contribution in [0.15, 0.2) is 24.3 Å². The van der Waals surface area contributed by atoms with Crippen molar-refractivity contribution in [3.05, 3.63) is 35.4 Å². The Morgan fingerprint density at radius 2 is 2.17 bits per heavy atom. The Labute approximate surface area is 110 Å². The van der Waals surface area contributed by atoms with Crippen LogP contribution in [0.1, 0.15) is 36.3 Å². The second-order valence-electron chi connectivity index (χ2n) is 5.94. The van der Waals surface area contributed by atoms with Gasteiger partial charge in [0.25, 0.3) is 0 Å². The zero-order valence-electron chi connectivity index (χ0n) is 11.4. The van der Waals surface area contributed by atoms with E-state index in [1.54, 1.807) is 11.1 Å². The third kappa shape index (κ3) is 2.60. The van der Waals surface area contributed by atoms with Gasteiger partial charge in [-0.05, 0) is 56.3 Å². The van der Waals surface area contributed by atoms with E-state index in [1.807, 2.05) is 0 Å². The Morgan fingerprint density at radius 3 is 3.00 bits per heavy atom. The zero-order valence-corrected chi connectivity index (χ0v) is 11.4. The molecule has 1 saturated heterocycles. The van der Waals surface area contributed by atoms with Gasteiger partial charge < -0.3 is 10.2 Å². The monoisotopic (exact) mass is 244 g/mol. The number of hydrogen-bond acceptors (Lipinski definition) is 2. The molecule has 0 aromatic heterocycles. The lowest BCUT2D eigenvalue weighted by molar-refractivity contribution is 0.390. The molecular formula is C16H24N2. The summed E-state index contributed by atoms with van der Waals surface area (Å²) in [7, 11) is 2.22. The Hall–Kier alpha value is -0.860. The van der Waals surface area contributed by atoms with Gasteiger partial charge in [0.1, 0.15) is 0 Å². The Kier molecular flexibility index (Phi) is 3.67. The van der Waals surface area contributed by atoms with Crippen molar-refractivity contribution in [3.8, 4) is 0 Å². The lowest BCUT2D eigenvalue weighted by Crippen LogP contribution is -2.35. The van der Waals surface area contributed by atoms with Crippen molar-refractivity contribution >= 4 is 0 Å². The lowest BCUT2D eigenvalue weighted by Gasteiger charge is -2.27. The zero-order chi connectivity index (χ0) is 12.4. The van der Waals surface area contributed by atoms with E-state index >= 15 is 0 Å². The van der Waals surface area contributed by atoms with E-state index in [4.69, 9.17) is 0 Å². The Balaban J connectivity index is 1.60. The van der Waals surface area contributed by atoms with Crippen molar-refractivity contribution in [2.45, 2.75) is 37.6 Å². The summed E-state index contributed by atoms with van der Waals surface area (Å²) in [5.41, 5.74) is 3.18. The van der Waals surface area contributed by atoms with Crippen LogP contribution in [0.25, 0.3) is 0 Å². The van der Waals surface area contributed by atoms with Crippen molar-refractivity contribution < 1.29 is 0 Å². The van der Waals surface area contributed by atoms with E-state index in [2.05, 4.69) is 41.5 Å². The molecule has 0 saturated carbocycles. The predicted molar refractivity (Wildman–Crippen MR) is 76.0 cm³/mol. The first-order valence-electron chi connectivity index (χ1n) is 7.32. The highest BCUT2D eigenvalue weighted by atomic mass is 15.2. The van der Waals surface area contributed by atoms with E-state index < -0.39 is 0 Å². The summed E-state index contributed by atoms with van der Waals surface area (Å²) in [6.07, 6.45) is 5.30. The molecule has 18 heavy (non-hydrogen) atoms. The molecule has 0 radical (unpaired) electrons. The van der Waals surface area contributed by atoms with Crippen LogP contribution < -0.4 is 5.32 Å². The lowest BCUT2D eigenvalue weighted by atomic mass is 9.83. The molecule has 0 amide bonds. The highest BCUT2D eigenvalue weighted by Gasteiger charge is 2.23.